The molecule has 0 aliphatic rings. The molecule has 3 aromatic carbocycles. The van der Waals surface area contributed by atoms with Gasteiger partial charge in [0.15, 0.2) is 9.84 Å². The topological polar surface area (TPSA) is 68.3 Å². The zero-order valence-electron chi connectivity index (χ0n) is 17.4. The molecule has 0 heterocycles. The largest absolute Gasteiger partial charge is 0.416 e. The summed E-state index contributed by atoms with van der Waals surface area (Å²) in [6.45, 7) is 0. The molecule has 3 aromatic rings. The first kappa shape index (κ1) is 27.8. The first-order chi connectivity index (χ1) is 15.9. The summed E-state index contributed by atoms with van der Waals surface area (Å²) in [5.74, 6) is 0. The lowest BCUT2D eigenvalue weighted by molar-refractivity contribution is -0.143. The summed E-state index contributed by atoms with van der Waals surface area (Å²) in [4.78, 5) is -0.529. The van der Waals surface area contributed by atoms with E-state index in [-0.39, 0.29) is 30.5 Å². The van der Waals surface area contributed by atoms with Crippen LogP contribution in [0.5, 0.6) is 0 Å². The Morgan fingerprint density at radius 2 is 1.09 bits per heavy atom. The Kier molecular flexibility index (Phi) is 7.62. The van der Waals surface area contributed by atoms with Crippen molar-refractivity contribution in [2.45, 2.75) is 36.8 Å². The fourth-order valence-electron chi connectivity index (χ4n) is 3.14. The second-order valence-corrected chi connectivity index (χ2v) is 16.4. The molecule has 0 amide bonds. The van der Waals surface area contributed by atoms with Crippen LogP contribution in [0, 0.1) is 0 Å². The van der Waals surface area contributed by atoms with Crippen LogP contribution in [0.3, 0.4) is 0 Å². The number of rotatable bonds is 5. The van der Waals surface area contributed by atoms with Crippen molar-refractivity contribution in [3.05, 3.63) is 77.9 Å². The van der Waals surface area contributed by atoms with Gasteiger partial charge in [-0.3, -0.25) is 0 Å². The van der Waals surface area contributed by atoms with E-state index in [1.54, 1.807) is 0 Å². The van der Waals surface area contributed by atoms with Crippen molar-refractivity contribution in [2.24, 2.45) is 0 Å². The third kappa shape index (κ3) is 6.71. The molecule has 0 radical (unpaired) electrons. The number of hydrogen-bond donors (Lipinski definition) is 1. The van der Waals surface area contributed by atoms with Crippen molar-refractivity contribution >= 4 is 48.9 Å². The Morgan fingerprint density at radius 3 is 1.49 bits per heavy atom. The molecule has 4 nitrogen and oxygen atoms in total. The van der Waals surface area contributed by atoms with Crippen LogP contribution < -0.4 is 0 Å². The zero-order valence-corrected chi connectivity index (χ0v) is 22.1. The molecular weight excluding hydrogens is 653 g/mol. The zero-order chi connectivity index (χ0) is 26.4. The maximum Gasteiger partial charge on any atom is 0.416 e. The lowest BCUT2D eigenvalue weighted by Crippen LogP contribution is -2.11. The van der Waals surface area contributed by atoms with Gasteiger partial charge in [0.1, 0.15) is 0 Å². The SMILES string of the molecule is CS(=O)(=O)c1cccc([SH](c2cc(C(F)(F)F)cc(C(F)(F)F)c2)c2cccc(S(=O)(=O)I)c2)c1. The van der Waals surface area contributed by atoms with Crippen molar-refractivity contribution in [3.8, 4) is 0 Å². The van der Waals surface area contributed by atoms with Crippen LogP contribution in [-0.2, 0) is 29.2 Å². The molecule has 0 aromatic heterocycles. The third-order valence-electron chi connectivity index (χ3n) is 4.69. The van der Waals surface area contributed by atoms with Crippen molar-refractivity contribution in [2.75, 3.05) is 6.26 Å². The molecule has 0 fully saturated rings. The molecule has 35 heavy (non-hydrogen) atoms. The van der Waals surface area contributed by atoms with Gasteiger partial charge in [-0.15, -0.1) is 0 Å². The smallest absolute Gasteiger partial charge is 0.224 e. The summed E-state index contributed by atoms with van der Waals surface area (Å²) in [5, 5.41) is 0. The molecule has 0 saturated carbocycles. The van der Waals surface area contributed by atoms with Crippen LogP contribution in [0.15, 0.2) is 91.2 Å². The van der Waals surface area contributed by atoms with E-state index in [0.717, 1.165) is 33.5 Å². The van der Waals surface area contributed by atoms with E-state index in [1.165, 1.54) is 42.5 Å². The van der Waals surface area contributed by atoms with Gasteiger partial charge in [-0.2, -0.15) is 37.2 Å². The van der Waals surface area contributed by atoms with E-state index in [4.69, 9.17) is 0 Å². The van der Waals surface area contributed by atoms with Gasteiger partial charge in [0.2, 0.25) is 7.01 Å². The van der Waals surface area contributed by atoms with Gasteiger partial charge in [-0.25, -0.2) is 16.8 Å². The van der Waals surface area contributed by atoms with Crippen LogP contribution in [0.25, 0.3) is 0 Å². The first-order valence-corrected chi connectivity index (χ1v) is 16.6. The number of hydrogen-bond acceptors (Lipinski definition) is 4. The van der Waals surface area contributed by atoms with Gasteiger partial charge < -0.3 is 0 Å². The maximum absolute atomic E-state index is 13.5. The quantitative estimate of drug-likeness (QED) is 0.142. The van der Waals surface area contributed by atoms with Crippen molar-refractivity contribution < 1.29 is 43.2 Å². The Morgan fingerprint density at radius 1 is 0.657 bits per heavy atom. The maximum atomic E-state index is 13.5. The molecular formula is C21H15F6IO4S3. The monoisotopic (exact) mass is 668 g/mol. The predicted molar refractivity (Wildman–Crippen MR) is 127 cm³/mol. The first-order valence-electron chi connectivity index (χ1n) is 9.32. The lowest BCUT2D eigenvalue weighted by Gasteiger charge is -2.26. The summed E-state index contributed by atoms with van der Waals surface area (Å²) in [5.41, 5.74) is -3.07. The van der Waals surface area contributed by atoms with Gasteiger partial charge in [0, 0.05) is 6.26 Å². The van der Waals surface area contributed by atoms with Gasteiger partial charge in [0.25, 0.3) is 0 Å². The summed E-state index contributed by atoms with van der Waals surface area (Å²) in [7, 11) is -9.79. The van der Waals surface area contributed by atoms with E-state index < -0.39 is 51.2 Å². The normalized spacial score (nSPS) is 14.6. The van der Waals surface area contributed by atoms with Crippen LogP contribution in [0.4, 0.5) is 26.3 Å². The Labute approximate surface area is 212 Å². The Bertz CT molecular complexity index is 1380. The molecule has 0 aliphatic heterocycles. The molecule has 3 rings (SSSR count). The Hall–Kier alpha value is -1.78. The molecule has 190 valence electrons. The van der Waals surface area contributed by atoms with Crippen LogP contribution in [0.2, 0.25) is 0 Å². The minimum Gasteiger partial charge on any atom is -0.224 e. The van der Waals surface area contributed by atoms with Gasteiger partial charge in [-0.1, -0.05) is 12.1 Å². The molecule has 14 heteroatoms. The number of sulfone groups is 1. The second-order valence-electron chi connectivity index (χ2n) is 7.30. The number of thiol groups is 1. The average molecular weight is 668 g/mol. The second kappa shape index (κ2) is 9.59. The van der Waals surface area contributed by atoms with Crippen LogP contribution in [-0.4, -0.2) is 23.1 Å². The Balaban J connectivity index is 2.41. The molecule has 0 bridgehead atoms. The number of halogens is 7. The lowest BCUT2D eigenvalue weighted by atomic mass is 10.1. The predicted octanol–water partition coefficient (Wildman–Crippen LogP) is 6.73. The van der Waals surface area contributed by atoms with E-state index >= 15 is 0 Å². The van der Waals surface area contributed by atoms with Crippen LogP contribution >= 0.6 is 32.1 Å². The minimum absolute atomic E-state index is 0.00431. The van der Waals surface area contributed by atoms with E-state index in [2.05, 4.69) is 0 Å². The van der Waals surface area contributed by atoms with Gasteiger partial charge in [-0.05, 0) is 69.3 Å². The van der Waals surface area contributed by atoms with E-state index in [9.17, 15) is 43.2 Å². The standard InChI is InChI=1S/C21H15F6IO4S3/c1-34(29,30)18-6-2-4-15(11-18)33(16-5-3-7-19(12-16)35(28,31)32)17-9-13(20(22,23)24)8-14(10-17)21(25,26)27/h2-12,33H,1H3. The van der Waals surface area contributed by atoms with E-state index in [0.29, 0.717) is 12.1 Å². The third-order valence-corrected chi connectivity index (χ3v) is 10.5. The summed E-state index contributed by atoms with van der Waals surface area (Å²) < 4.78 is 129. The van der Waals surface area contributed by atoms with E-state index in [1.807, 2.05) is 0 Å². The molecule has 0 N–H and O–H groups in total. The highest BCUT2D eigenvalue weighted by Crippen LogP contribution is 2.54. The van der Waals surface area contributed by atoms with Crippen molar-refractivity contribution in [3.63, 3.8) is 0 Å². The van der Waals surface area contributed by atoms with Gasteiger partial charge >= 0.3 is 12.4 Å². The summed E-state index contributed by atoms with van der Waals surface area (Å²) in [6, 6.07) is 11.3. The fraction of sp³-hybridized carbons (Fsp3) is 0.143. The van der Waals surface area contributed by atoms with Crippen molar-refractivity contribution in [1.29, 1.82) is 0 Å². The summed E-state index contributed by atoms with van der Waals surface area (Å²) in [6.07, 6.45) is -9.29. The molecule has 1 atom stereocenters. The highest BCUT2D eigenvalue weighted by molar-refractivity contribution is 14.2. The number of benzene rings is 3. The van der Waals surface area contributed by atoms with Crippen molar-refractivity contribution in [1.82, 2.24) is 0 Å². The molecule has 0 spiro atoms. The molecule has 0 saturated heterocycles. The van der Waals surface area contributed by atoms with Crippen LogP contribution in [0.1, 0.15) is 11.1 Å². The fourth-order valence-corrected chi connectivity index (χ4v) is 7.75. The molecule has 1 unspecified atom stereocenters. The average Bonchev–Trinajstić information content (AvgIpc) is 2.72. The molecule has 0 aliphatic carbocycles. The highest BCUT2D eigenvalue weighted by atomic mass is 127. The highest BCUT2D eigenvalue weighted by Gasteiger charge is 2.37. The number of alkyl halides is 6. The van der Waals surface area contributed by atoms with Gasteiger partial charge in [0.05, 0.1) is 42.1 Å². The summed E-state index contributed by atoms with van der Waals surface area (Å²) >= 11 is 1.16. The minimum atomic E-state index is -5.10.